The zero-order chi connectivity index (χ0) is 103. The quantitative estimate of drug-likeness (QED) is 0.0236. The third-order valence-electron chi connectivity index (χ3n) is 25.1. The van der Waals surface area contributed by atoms with Gasteiger partial charge in [0.05, 0.1) is 154 Å². The number of ether oxygens (including phenoxy) is 13. The van der Waals surface area contributed by atoms with Crippen LogP contribution < -0.4 is 10.6 Å². The molecule has 0 bridgehead atoms. The monoisotopic (exact) mass is 2070 g/mol. The second-order valence-corrected chi connectivity index (χ2v) is 41.7. The number of hydrogen-bond acceptors (Lipinski definition) is 42. The summed E-state index contributed by atoms with van der Waals surface area (Å²) in [5.41, 5.74) is -1.75. The molecule has 810 valence electrons. The third-order valence-corrected chi connectivity index (χ3v) is 28.7. The predicted octanol–water partition coefficient (Wildman–Crippen LogP) is 3.02. The van der Waals surface area contributed by atoms with Crippen molar-refractivity contribution in [2.24, 2.45) is 17.8 Å². The van der Waals surface area contributed by atoms with Gasteiger partial charge in [-0.3, -0.25) is 61.0 Å². The van der Waals surface area contributed by atoms with Gasteiger partial charge in [0.25, 0.3) is 0 Å². The molecule has 46 nitrogen and oxygen atoms in total. The summed E-state index contributed by atoms with van der Waals surface area (Å²) < 4.78 is 144. The van der Waals surface area contributed by atoms with Crippen LogP contribution in [0.3, 0.4) is 0 Å². The van der Waals surface area contributed by atoms with Gasteiger partial charge in [0.1, 0.15) is 108 Å². The van der Waals surface area contributed by atoms with E-state index >= 15 is 0 Å². The number of carbonyl (C=O) groups is 8. The Kier molecular flexibility index (Phi) is 58.9. The Labute approximate surface area is 820 Å². The summed E-state index contributed by atoms with van der Waals surface area (Å²) in [5.74, 6) is -4.30. The van der Waals surface area contributed by atoms with E-state index in [1.807, 2.05) is 6.07 Å². The fourth-order valence-corrected chi connectivity index (χ4v) is 19.6. The van der Waals surface area contributed by atoms with E-state index < -0.39 is 265 Å². The molecule has 6 rings (SSSR count). The number of aliphatic hydroxyl groups excluding tert-OH is 10. The van der Waals surface area contributed by atoms with Crippen LogP contribution in [0.2, 0.25) is 0 Å². The molecule has 9 unspecified atom stereocenters. The number of unbranched alkanes of at least 4 members (excludes halogenated alkanes) is 8. The lowest BCUT2D eigenvalue weighted by Gasteiger charge is -2.40. The number of hydrogen-bond donors (Lipinski definition) is 14. The first-order valence-corrected chi connectivity index (χ1v) is 53.7. The van der Waals surface area contributed by atoms with Crippen LogP contribution in [-0.2, 0) is 141 Å². The number of Topliss-reactive ketones (excluding diaryl/α,β-unsaturated/α-hetero) is 5. The molecule has 0 saturated carbocycles. The fourth-order valence-electron chi connectivity index (χ4n) is 16.7. The molecule has 0 spiro atoms. The van der Waals surface area contributed by atoms with E-state index in [9.17, 15) is 114 Å². The molecule has 0 aromatic heterocycles. The molecule has 140 heavy (non-hydrogen) atoms. The Morgan fingerprint density at radius 1 is 0.457 bits per heavy atom. The summed E-state index contributed by atoms with van der Waals surface area (Å²) in [6.45, 7) is 3.06. The number of phosphoric ester groups is 2. The lowest BCUT2D eigenvalue weighted by molar-refractivity contribution is -0.282. The average molecular weight is 2070 g/mol. The number of ketones is 5. The Morgan fingerprint density at radius 3 is 1.35 bits per heavy atom. The van der Waals surface area contributed by atoms with Crippen LogP contribution in [0.15, 0.2) is 0 Å². The van der Waals surface area contributed by atoms with Gasteiger partial charge in [0.15, 0.2) is 18.9 Å². The summed E-state index contributed by atoms with van der Waals surface area (Å²) in [4.78, 5) is 131. The van der Waals surface area contributed by atoms with Crippen LogP contribution in [-0.4, -0.2) is 399 Å². The van der Waals surface area contributed by atoms with Crippen LogP contribution >= 0.6 is 23.2 Å². The number of carbonyl (C=O) groups excluding carboxylic acids is 8. The first-order chi connectivity index (χ1) is 66.7. The van der Waals surface area contributed by atoms with Crippen molar-refractivity contribution in [2.45, 2.75) is 355 Å². The maximum absolute atomic E-state index is 14.7. The minimum absolute atomic E-state index is 0.00242. The van der Waals surface area contributed by atoms with Gasteiger partial charge in [0, 0.05) is 142 Å². The molecule has 49 heteroatoms. The van der Waals surface area contributed by atoms with E-state index in [1.54, 1.807) is 34.6 Å². The van der Waals surface area contributed by atoms with E-state index in [0.29, 0.717) is 89.9 Å². The minimum atomic E-state index is -5.19. The highest BCUT2D eigenvalue weighted by atomic mass is 31.2. The van der Waals surface area contributed by atoms with Gasteiger partial charge in [-0.2, -0.15) is 5.26 Å². The SMILES string of the molecule is C=P(O)(OC)OC[C@H]1O[C@@H](C)[C@H](OCCOC)[C@@H]1OP(=O)(OCCC#N)OC[C@H]1O[C@@H](C)C[C@@H]1OP(=O)(O)OC[C@@H]1C[C@@H](O)CN1C(=O)CC(=O)NC(COCCC(=O)CCCCCC(=O)CCCCO[C@@H]1OC(CO)[C@H](O)[C@H](O)C1C)(COCCC(=O)CCCCCC(=O)CCCCO[C@@H]1OC(CO)[C@H](O)[C@H](O)C1C)COCCC(=O)NCCCCC(=O)CCCCO[C@@H]1OC(CO)[C@H](O)[C@H](O)C1C. The number of phosphoric acid groups is 2. The molecule has 6 aliphatic rings. The van der Waals surface area contributed by atoms with Crippen molar-refractivity contribution < 1.29 is 202 Å². The van der Waals surface area contributed by atoms with Crippen LogP contribution in [0, 0.1) is 29.1 Å². The minimum Gasteiger partial charge on any atom is -0.394 e. The Morgan fingerprint density at radius 2 is 0.900 bits per heavy atom. The number of aliphatic hydroxyl groups is 10. The highest BCUT2D eigenvalue weighted by Crippen LogP contribution is 2.55. The molecular weight excluding hydrogens is 1910 g/mol. The first kappa shape index (κ1) is 124. The molecular formula is C91H159N4O42P3. The highest BCUT2D eigenvalue weighted by Gasteiger charge is 2.52. The summed E-state index contributed by atoms with van der Waals surface area (Å²) in [5, 5.41) is 116. The topological polar surface area (TPSA) is 649 Å². The van der Waals surface area contributed by atoms with Crippen molar-refractivity contribution in [3.05, 3.63) is 0 Å². The molecule has 0 aromatic rings. The fraction of sp³-hybridized carbons (Fsp3) is 0.890. The molecule has 6 fully saturated rings. The molecule has 6 aliphatic heterocycles. The predicted molar refractivity (Wildman–Crippen MR) is 496 cm³/mol. The number of β-amino-alcohol motifs (C(OH)–C–C–N with tert-alkyl or cyclic N) is 1. The van der Waals surface area contributed by atoms with Crippen LogP contribution in [0.4, 0.5) is 0 Å². The van der Waals surface area contributed by atoms with Crippen molar-refractivity contribution in [1.82, 2.24) is 15.5 Å². The average Bonchev–Trinajstić information content (AvgIpc) is 1.63. The van der Waals surface area contributed by atoms with Crippen molar-refractivity contribution in [3.63, 3.8) is 0 Å². The zero-order valence-electron chi connectivity index (χ0n) is 82.1. The first-order valence-electron chi connectivity index (χ1n) is 49.0. The van der Waals surface area contributed by atoms with Gasteiger partial charge in [-0.05, 0) is 104 Å². The smallest absolute Gasteiger partial charge is 0.394 e. The summed E-state index contributed by atoms with van der Waals surface area (Å²) in [6, 6.07) is 0.724. The second-order valence-electron chi connectivity index (χ2n) is 36.8. The van der Waals surface area contributed by atoms with Crippen molar-refractivity contribution in [3.8, 4) is 6.07 Å². The molecule has 0 aromatic carbocycles. The normalized spacial score (nSPS) is 29.9. The highest BCUT2D eigenvalue weighted by molar-refractivity contribution is 7.58. The standard InChI is InChI=1S/C91H159N4O42P3/c1-59-46-71(75(131-59)54-130-140(117,127-40-23-35-92)137-87-76(55-128-138(8,114)119-7)132-63(5)86(87)123-45-44-118-6)136-139(115,116)129-53-64-47-70(104)49-95(64)79(107)48-78(106)94-91(56-120-41-32-68(102)26-13-9-11-24-65(99)29-16-20-37-124-88-60(2)80(108)83(111)72(50-96)133-88,57-121-42-33-69(103)27-14-10-12-25-66(100)30-17-21-38-125-89-61(3)81(109)84(112)73(51-97)134-89)58-122-43-34-77(105)93-36-19-15-28-67(101)31-18-22-39-126-90-62(4)82(110)85(113)74(52-98)135-90/h59-64,70-76,80-90,96-98,104,108-114H,8-34,36-58H2,1-7H3,(H,93,105)(H,94,106)(H,115,116)/t59-,60?,61?,62?,63-,64-,70+,71-,72?,73?,74?,75+,76+,80+,81+,82+,83-,84-,85-,86-,87+,88+,89+,90+,91?,138?,140?/m0/s1. The molecule has 3 amide bonds. The number of likely N-dealkylation sites (tertiary alicyclic amines) is 1. The Hall–Kier alpha value is -4.27. The second kappa shape index (κ2) is 66.2. The zero-order valence-corrected chi connectivity index (χ0v) is 84.7. The van der Waals surface area contributed by atoms with Gasteiger partial charge in [-0.1, -0.05) is 33.6 Å². The van der Waals surface area contributed by atoms with E-state index in [-0.39, 0.29) is 185 Å². The van der Waals surface area contributed by atoms with Crippen molar-refractivity contribution in [1.29, 1.82) is 5.26 Å². The number of nitrogens with one attached hydrogen (secondary N) is 2. The number of nitrogens with zero attached hydrogens (tertiary/aromatic N) is 2. The van der Waals surface area contributed by atoms with Gasteiger partial charge in [-0.25, -0.2) is 9.13 Å². The molecule has 14 N–H and O–H groups in total. The number of nitriles is 1. The summed E-state index contributed by atoms with van der Waals surface area (Å²) >= 11 is 0. The number of methoxy groups -OCH3 is 1. The third kappa shape index (κ3) is 45.0. The van der Waals surface area contributed by atoms with Gasteiger partial charge in [-0.15, -0.1) is 0 Å². The largest absolute Gasteiger partial charge is 0.475 e. The van der Waals surface area contributed by atoms with Crippen molar-refractivity contribution >= 4 is 76.1 Å². The molecule has 0 aliphatic carbocycles. The maximum atomic E-state index is 14.7. The lowest BCUT2D eigenvalue weighted by atomic mass is 9.92. The Bertz CT molecular complexity index is 3610. The molecule has 6 saturated heterocycles. The van der Waals surface area contributed by atoms with Crippen LogP contribution in [0.1, 0.15) is 221 Å². The molecule has 6 heterocycles. The van der Waals surface area contributed by atoms with E-state index in [1.165, 1.54) is 14.2 Å². The van der Waals surface area contributed by atoms with Gasteiger partial charge >= 0.3 is 15.6 Å². The molecule has 0 radical (unpaired) electrons. The van der Waals surface area contributed by atoms with Crippen LogP contribution in [0.5, 0.6) is 0 Å². The van der Waals surface area contributed by atoms with Crippen LogP contribution in [0.25, 0.3) is 0 Å². The van der Waals surface area contributed by atoms with E-state index in [4.69, 9.17) is 93.2 Å². The number of rotatable bonds is 77. The maximum Gasteiger partial charge on any atom is 0.475 e. The number of amides is 3. The summed E-state index contributed by atoms with van der Waals surface area (Å²) in [7, 11) is -11.0. The van der Waals surface area contributed by atoms with Gasteiger partial charge in [0.2, 0.25) is 25.3 Å². The van der Waals surface area contributed by atoms with E-state index in [2.05, 4.69) is 16.9 Å². The molecule has 27 atom stereocenters. The lowest BCUT2D eigenvalue weighted by Crippen LogP contribution is -2.59. The Balaban J connectivity index is 1.09. The summed E-state index contributed by atoms with van der Waals surface area (Å²) in [6.07, 6.45) is -10.8. The van der Waals surface area contributed by atoms with Gasteiger partial charge < -0.3 is 147 Å². The van der Waals surface area contributed by atoms with E-state index in [0.717, 1.165) is 4.90 Å². The van der Waals surface area contributed by atoms with Crippen molar-refractivity contribution in [2.75, 3.05) is 146 Å².